The Bertz CT molecular complexity index is 389. The van der Waals surface area contributed by atoms with Crippen molar-refractivity contribution in [2.75, 3.05) is 18.9 Å². The van der Waals surface area contributed by atoms with Gasteiger partial charge in [-0.25, -0.2) is 0 Å². The lowest BCUT2D eigenvalue weighted by Crippen LogP contribution is -2.33. The molecule has 3 heteroatoms. The zero-order chi connectivity index (χ0) is 10.7. The average molecular weight is 202 g/mol. The number of para-hydroxylation sites is 1. The highest BCUT2D eigenvalue weighted by molar-refractivity contribution is 5.53. The molecule has 0 spiro atoms. The van der Waals surface area contributed by atoms with Crippen LogP contribution >= 0.6 is 0 Å². The van der Waals surface area contributed by atoms with Crippen molar-refractivity contribution in [1.82, 2.24) is 0 Å². The van der Waals surface area contributed by atoms with Gasteiger partial charge in [-0.1, -0.05) is 18.2 Å². The number of anilines is 1. The second kappa shape index (κ2) is 3.92. The van der Waals surface area contributed by atoms with E-state index in [-0.39, 0.29) is 0 Å². The molecule has 2 N–H and O–H groups in total. The van der Waals surface area contributed by atoms with Crippen LogP contribution < -0.4 is 5.73 Å². The molecular weight excluding hydrogens is 188 g/mol. The van der Waals surface area contributed by atoms with Crippen LogP contribution in [0, 0.1) is 11.3 Å². The maximum Gasteiger partial charge on any atom is 0.0885 e. The molecule has 1 aromatic carbocycles. The van der Waals surface area contributed by atoms with Crippen molar-refractivity contribution in [3.63, 3.8) is 0 Å². The molecule has 0 radical (unpaired) electrons. The van der Waals surface area contributed by atoms with Crippen LogP contribution in [0.5, 0.6) is 0 Å². The molecule has 0 atom stereocenters. The number of hydrogen-bond donors (Lipinski definition) is 1. The molecule has 0 saturated carbocycles. The molecule has 1 aliphatic rings. The maximum atomic E-state index is 9.36. The SMILES string of the molecule is N#CC1(c2ccccc2N)CCOCC1. The fourth-order valence-electron chi connectivity index (χ4n) is 2.09. The van der Waals surface area contributed by atoms with Gasteiger partial charge in [-0.3, -0.25) is 0 Å². The topological polar surface area (TPSA) is 59.0 Å². The summed E-state index contributed by atoms with van der Waals surface area (Å²) in [7, 11) is 0. The van der Waals surface area contributed by atoms with Crippen molar-refractivity contribution in [3.8, 4) is 6.07 Å². The number of hydrogen-bond acceptors (Lipinski definition) is 3. The number of ether oxygens (including phenoxy) is 1. The summed E-state index contributed by atoms with van der Waals surface area (Å²) in [5.41, 5.74) is 7.14. The first-order valence-corrected chi connectivity index (χ1v) is 5.12. The highest BCUT2D eigenvalue weighted by Gasteiger charge is 2.35. The normalized spacial score (nSPS) is 19.4. The van der Waals surface area contributed by atoms with E-state index >= 15 is 0 Å². The van der Waals surface area contributed by atoms with Gasteiger partial charge in [0, 0.05) is 18.9 Å². The molecule has 15 heavy (non-hydrogen) atoms. The third-order valence-electron chi connectivity index (χ3n) is 3.04. The predicted molar refractivity (Wildman–Crippen MR) is 58.2 cm³/mol. The maximum absolute atomic E-state index is 9.36. The number of nitriles is 1. The Hall–Kier alpha value is -1.53. The van der Waals surface area contributed by atoms with Gasteiger partial charge in [0.05, 0.1) is 11.5 Å². The third kappa shape index (κ3) is 1.69. The standard InChI is InChI=1S/C12H14N2O/c13-9-12(5-7-15-8-6-12)10-3-1-2-4-11(10)14/h1-4H,5-8,14H2. The van der Waals surface area contributed by atoms with Crippen molar-refractivity contribution < 1.29 is 4.74 Å². The monoisotopic (exact) mass is 202 g/mol. The summed E-state index contributed by atoms with van der Waals surface area (Å²) in [5.74, 6) is 0. The molecule has 0 amide bonds. The Labute approximate surface area is 89.5 Å². The highest BCUT2D eigenvalue weighted by atomic mass is 16.5. The summed E-state index contributed by atoms with van der Waals surface area (Å²) in [5, 5.41) is 9.36. The summed E-state index contributed by atoms with van der Waals surface area (Å²) in [4.78, 5) is 0. The van der Waals surface area contributed by atoms with Gasteiger partial charge in [0.2, 0.25) is 0 Å². The van der Waals surface area contributed by atoms with Gasteiger partial charge in [-0.2, -0.15) is 5.26 Å². The predicted octanol–water partition coefficient (Wildman–Crippen LogP) is 1.84. The lowest BCUT2D eigenvalue weighted by Gasteiger charge is -2.31. The second-order valence-electron chi connectivity index (χ2n) is 3.89. The molecule has 78 valence electrons. The van der Waals surface area contributed by atoms with Crippen LogP contribution in [0.3, 0.4) is 0 Å². The fraction of sp³-hybridized carbons (Fsp3) is 0.417. The lowest BCUT2D eigenvalue weighted by molar-refractivity contribution is 0.0677. The zero-order valence-electron chi connectivity index (χ0n) is 8.57. The zero-order valence-corrected chi connectivity index (χ0v) is 8.57. The van der Waals surface area contributed by atoms with Crippen LogP contribution in [-0.4, -0.2) is 13.2 Å². The second-order valence-corrected chi connectivity index (χ2v) is 3.89. The summed E-state index contributed by atoms with van der Waals surface area (Å²) in [6, 6.07) is 10.0. The van der Waals surface area contributed by atoms with Crippen LogP contribution in [0.25, 0.3) is 0 Å². The van der Waals surface area contributed by atoms with E-state index < -0.39 is 5.41 Å². The molecule has 0 unspecified atom stereocenters. The molecule has 1 fully saturated rings. The van der Waals surface area contributed by atoms with Gasteiger partial charge in [0.15, 0.2) is 0 Å². The first-order chi connectivity index (χ1) is 7.28. The third-order valence-corrected chi connectivity index (χ3v) is 3.04. The minimum Gasteiger partial charge on any atom is -0.398 e. The molecule has 1 aromatic rings. The van der Waals surface area contributed by atoms with Gasteiger partial charge in [-0.15, -0.1) is 0 Å². The highest BCUT2D eigenvalue weighted by Crippen LogP contribution is 2.36. The Morgan fingerprint density at radius 2 is 1.93 bits per heavy atom. The summed E-state index contributed by atoms with van der Waals surface area (Å²) >= 11 is 0. The molecule has 1 aliphatic heterocycles. The van der Waals surface area contributed by atoms with Gasteiger partial charge in [0.25, 0.3) is 0 Å². The Balaban J connectivity index is 2.42. The van der Waals surface area contributed by atoms with Gasteiger partial charge in [0.1, 0.15) is 0 Å². The molecule has 1 saturated heterocycles. The van der Waals surface area contributed by atoms with E-state index in [1.807, 2.05) is 24.3 Å². The number of rotatable bonds is 1. The lowest BCUT2D eigenvalue weighted by atomic mass is 9.75. The van der Waals surface area contributed by atoms with E-state index in [1.54, 1.807) is 0 Å². The first-order valence-electron chi connectivity index (χ1n) is 5.12. The molecule has 3 nitrogen and oxygen atoms in total. The van der Waals surface area contributed by atoms with E-state index in [9.17, 15) is 5.26 Å². The molecule has 0 bridgehead atoms. The van der Waals surface area contributed by atoms with Crippen molar-refractivity contribution in [3.05, 3.63) is 29.8 Å². The summed E-state index contributed by atoms with van der Waals surface area (Å²) < 4.78 is 5.30. The minimum absolute atomic E-state index is 0.441. The largest absolute Gasteiger partial charge is 0.398 e. The van der Waals surface area contributed by atoms with Gasteiger partial charge >= 0.3 is 0 Å². The average Bonchev–Trinajstić information content (AvgIpc) is 2.30. The van der Waals surface area contributed by atoms with Gasteiger partial charge in [-0.05, 0) is 24.5 Å². The minimum atomic E-state index is -0.441. The van der Waals surface area contributed by atoms with Crippen LogP contribution in [0.15, 0.2) is 24.3 Å². The number of nitrogens with two attached hydrogens (primary N) is 1. The molecule has 0 aliphatic carbocycles. The van der Waals surface area contributed by atoms with E-state index in [1.165, 1.54) is 0 Å². The van der Waals surface area contributed by atoms with Crippen molar-refractivity contribution in [2.45, 2.75) is 18.3 Å². The Morgan fingerprint density at radius 3 is 2.53 bits per heavy atom. The van der Waals surface area contributed by atoms with E-state index in [0.29, 0.717) is 18.9 Å². The van der Waals surface area contributed by atoms with Crippen LogP contribution in [0.2, 0.25) is 0 Å². The molecule has 1 heterocycles. The number of nitrogen functional groups attached to an aromatic ring is 1. The van der Waals surface area contributed by atoms with E-state index in [4.69, 9.17) is 10.5 Å². The van der Waals surface area contributed by atoms with Crippen LogP contribution in [-0.2, 0) is 10.2 Å². The Kier molecular flexibility index (Phi) is 2.61. The fourth-order valence-corrected chi connectivity index (χ4v) is 2.09. The van der Waals surface area contributed by atoms with E-state index in [2.05, 4.69) is 6.07 Å². The van der Waals surface area contributed by atoms with Crippen molar-refractivity contribution >= 4 is 5.69 Å². The van der Waals surface area contributed by atoms with E-state index in [0.717, 1.165) is 18.4 Å². The summed E-state index contributed by atoms with van der Waals surface area (Å²) in [6.07, 6.45) is 1.47. The molecular formula is C12H14N2O. The van der Waals surface area contributed by atoms with Crippen molar-refractivity contribution in [1.29, 1.82) is 5.26 Å². The quantitative estimate of drug-likeness (QED) is 0.707. The summed E-state index contributed by atoms with van der Waals surface area (Å²) in [6.45, 7) is 1.28. The van der Waals surface area contributed by atoms with Gasteiger partial charge < -0.3 is 10.5 Å². The molecule has 2 rings (SSSR count). The van der Waals surface area contributed by atoms with Crippen LogP contribution in [0.4, 0.5) is 5.69 Å². The number of benzene rings is 1. The van der Waals surface area contributed by atoms with Crippen molar-refractivity contribution in [2.24, 2.45) is 0 Å². The first kappa shape index (κ1) is 10.0. The number of nitrogens with zero attached hydrogens (tertiary/aromatic N) is 1. The molecule has 0 aromatic heterocycles. The Morgan fingerprint density at radius 1 is 1.27 bits per heavy atom. The van der Waals surface area contributed by atoms with Crippen LogP contribution in [0.1, 0.15) is 18.4 Å². The smallest absolute Gasteiger partial charge is 0.0885 e.